The van der Waals surface area contributed by atoms with Gasteiger partial charge >= 0.3 is 0 Å². The zero-order valence-corrected chi connectivity index (χ0v) is 14.5. The van der Waals surface area contributed by atoms with Crippen molar-refractivity contribution in [3.8, 4) is 0 Å². The second kappa shape index (κ2) is 6.20. The first-order chi connectivity index (χ1) is 10.5. The van der Waals surface area contributed by atoms with Crippen molar-refractivity contribution < 1.29 is 0 Å². The molecule has 0 aromatic carbocycles. The monoisotopic (exact) mass is 317 g/mol. The van der Waals surface area contributed by atoms with Gasteiger partial charge in [0.05, 0.1) is 5.69 Å². The molecule has 1 fully saturated rings. The molecule has 3 heterocycles. The smallest absolute Gasteiger partial charge is 0.185 e. The van der Waals surface area contributed by atoms with E-state index in [9.17, 15) is 0 Å². The molecule has 0 aliphatic carbocycles. The summed E-state index contributed by atoms with van der Waals surface area (Å²) in [6.45, 7) is 8.37. The van der Waals surface area contributed by atoms with Crippen LogP contribution >= 0.6 is 11.3 Å². The van der Waals surface area contributed by atoms with Crippen molar-refractivity contribution in [3.63, 3.8) is 0 Å². The normalized spacial score (nSPS) is 16.1. The molecule has 0 atom stereocenters. The lowest BCUT2D eigenvalue weighted by Gasteiger charge is -2.37. The van der Waals surface area contributed by atoms with Gasteiger partial charge in [0, 0.05) is 42.8 Å². The summed E-state index contributed by atoms with van der Waals surface area (Å²) in [4.78, 5) is 19.3. The first-order valence-electron chi connectivity index (χ1n) is 7.75. The average Bonchev–Trinajstić information content (AvgIpc) is 2.86. The predicted octanol–water partition coefficient (Wildman–Crippen LogP) is 2.96. The Morgan fingerprint density at radius 1 is 1.18 bits per heavy atom. The zero-order valence-electron chi connectivity index (χ0n) is 13.7. The summed E-state index contributed by atoms with van der Waals surface area (Å²) in [6, 6.07) is 2.59. The summed E-state index contributed by atoms with van der Waals surface area (Å²) in [5.74, 6) is 1.02. The Hall–Kier alpha value is -1.69. The Morgan fingerprint density at radius 2 is 1.91 bits per heavy atom. The third kappa shape index (κ3) is 3.06. The van der Waals surface area contributed by atoms with E-state index in [1.807, 2.05) is 18.3 Å². The van der Waals surface area contributed by atoms with E-state index < -0.39 is 0 Å². The molecule has 6 heteroatoms. The number of piperidine rings is 1. The van der Waals surface area contributed by atoms with E-state index in [-0.39, 0.29) is 0 Å². The van der Waals surface area contributed by atoms with Gasteiger partial charge in [0.15, 0.2) is 5.13 Å². The molecule has 1 aliphatic heterocycles. The van der Waals surface area contributed by atoms with Gasteiger partial charge in [-0.05, 0) is 33.6 Å². The standard InChI is InChI=1S/C16H23N5S/c1-11-9-15(18-10-17-11)20(4)14-5-7-21(8-6-14)16-19-12(2)13(3)22-16/h9-10,14H,5-8H2,1-4H3. The predicted molar refractivity (Wildman–Crippen MR) is 92.0 cm³/mol. The van der Waals surface area contributed by atoms with Crippen LogP contribution < -0.4 is 9.80 Å². The molecule has 0 saturated carbocycles. The van der Waals surface area contributed by atoms with Gasteiger partial charge in [-0.3, -0.25) is 0 Å². The molecular weight excluding hydrogens is 294 g/mol. The van der Waals surface area contributed by atoms with Crippen LogP contribution in [0.3, 0.4) is 0 Å². The van der Waals surface area contributed by atoms with Crippen molar-refractivity contribution >= 4 is 22.3 Å². The van der Waals surface area contributed by atoms with Crippen LogP contribution in [0.1, 0.15) is 29.1 Å². The molecule has 0 amide bonds. The van der Waals surface area contributed by atoms with Gasteiger partial charge in [-0.1, -0.05) is 0 Å². The van der Waals surface area contributed by atoms with Crippen LogP contribution in [0.2, 0.25) is 0 Å². The van der Waals surface area contributed by atoms with Crippen molar-refractivity contribution in [1.82, 2.24) is 15.0 Å². The number of thiazole rings is 1. The van der Waals surface area contributed by atoms with Gasteiger partial charge in [0.25, 0.3) is 0 Å². The van der Waals surface area contributed by atoms with E-state index >= 15 is 0 Å². The van der Waals surface area contributed by atoms with Gasteiger partial charge in [-0.25, -0.2) is 15.0 Å². The number of nitrogens with zero attached hydrogens (tertiary/aromatic N) is 5. The average molecular weight is 317 g/mol. The highest BCUT2D eigenvalue weighted by molar-refractivity contribution is 7.15. The van der Waals surface area contributed by atoms with Crippen molar-refractivity contribution in [3.05, 3.63) is 28.7 Å². The van der Waals surface area contributed by atoms with Crippen molar-refractivity contribution in [1.29, 1.82) is 0 Å². The van der Waals surface area contributed by atoms with E-state index in [0.717, 1.165) is 43.1 Å². The lowest BCUT2D eigenvalue weighted by Crippen LogP contribution is -2.43. The number of anilines is 2. The van der Waals surface area contributed by atoms with Crippen molar-refractivity contribution in [2.45, 2.75) is 39.7 Å². The van der Waals surface area contributed by atoms with Gasteiger partial charge in [0.2, 0.25) is 0 Å². The maximum atomic E-state index is 4.68. The third-order valence-electron chi connectivity index (χ3n) is 4.45. The summed E-state index contributed by atoms with van der Waals surface area (Å²) in [5.41, 5.74) is 2.18. The third-order valence-corrected chi connectivity index (χ3v) is 5.58. The minimum atomic E-state index is 0.535. The van der Waals surface area contributed by atoms with Crippen LogP contribution in [0, 0.1) is 20.8 Å². The van der Waals surface area contributed by atoms with Crippen LogP contribution in [0.5, 0.6) is 0 Å². The number of rotatable bonds is 3. The lowest BCUT2D eigenvalue weighted by atomic mass is 10.0. The Labute approximate surface area is 136 Å². The molecule has 3 rings (SSSR count). The largest absolute Gasteiger partial charge is 0.356 e. The summed E-state index contributed by atoms with van der Waals surface area (Å²) < 4.78 is 0. The molecule has 2 aromatic heterocycles. The molecule has 0 radical (unpaired) electrons. The molecule has 118 valence electrons. The highest BCUT2D eigenvalue weighted by Crippen LogP contribution is 2.29. The molecular formula is C16H23N5S. The number of aryl methyl sites for hydroxylation is 3. The Bertz CT molecular complexity index is 626. The molecule has 0 spiro atoms. The van der Waals surface area contributed by atoms with Crippen LogP contribution in [0.4, 0.5) is 10.9 Å². The van der Waals surface area contributed by atoms with Crippen molar-refractivity contribution in [2.24, 2.45) is 0 Å². The van der Waals surface area contributed by atoms with Crippen LogP contribution in [-0.4, -0.2) is 41.1 Å². The molecule has 0 bridgehead atoms. The van der Waals surface area contributed by atoms with E-state index in [0.29, 0.717) is 6.04 Å². The minimum Gasteiger partial charge on any atom is -0.356 e. The topological polar surface area (TPSA) is 45.2 Å². The number of hydrogen-bond donors (Lipinski definition) is 0. The van der Waals surface area contributed by atoms with Crippen LogP contribution in [-0.2, 0) is 0 Å². The van der Waals surface area contributed by atoms with Gasteiger partial charge in [-0.2, -0.15) is 0 Å². The molecule has 1 saturated heterocycles. The first-order valence-corrected chi connectivity index (χ1v) is 8.56. The minimum absolute atomic E-state index is 0.535. The second-order valence-electron chi connectivity index (χ2n) is 5.98. The fourth-order valence-electron chi connectivity index (χ4n) is 2.86. The first kappa shape index (κ1) is 15.2. The Balaban J connectivity index is 1.64. The van der Waals surface area contributed by atoms with Crippen LogP contribution in [0.15, 0.2) is 12.4 Å². The fourth-order valence-corrected chi connectivity index (χ4v) is 3.82. The second-order valence-corrected chi connectivity index (χ2v) is 7.17. The SMILES string of the molecule is Cc1cc(N(C)C2CCN(c3nc(C)c(C)s3)CC2)ncn1. The van der Waals surface area contributed by atoms with Crippen molar-refractivity contribution in [2.75, 3.05) is 29.9 Å². The van der Waals surface area contributed by atoms with E-state index in [1.165, 1.54) is 10.0 Å². The molecule has 22 heavy (non-hydrogen) atoms. The highest BCUT2D eigenvalue weighted by atomic mass is 32.1. The molecule has 5 nitrogen and oxygen atoms in total. The maximum absolute atomic E-state index is 4.68. The zero-order chi connectivity index (χ0) is 15.7. The molecule has 0 unspecified atom stereocenters. The molecule has 0 N–H and O–H groups in total. The summed E-state index contributed by atoms with van der Waals surface area (Å²) in [6.07, 6.45) is 3.92. The van der Waals surface area contributed by atoms with E-state index in [2.05, 4.69) is 51.7 Å². The fraction of sp³-hybridized carbons (Fsp3) is 0.562. The summed E-state index contributed by atoms with van der Waals surface area (Å²) in [5, 5.41) is 1.17. The van der Waals surface area contributed by atoms with Crippen LogP contribution in [0.25, 0.3) is 0 Å². The molecule has 1 aliphatic rings. The summed E-state index contributed by atoms with van der Waals surface area (Å²) in [7, 11) is 2.14. The van der Waals surface area contributed by atoms with Gasteiger partial charge < -0.3 is 9.80 Å². The maximum Gasteiger partial charge on any atom is 0.185 e. The Kier molecular flexibility index (Phi) is 4.29. The Morgan fingerprint density at radius 3 is 2.50 bits per heavy atom. The van der Waals surface area contributed by atoms with E-state index in [4.69, 9.17) is 0 Å². The number of aromatic nitrogens is 3. The van der Waals surface area contributed by atoms with Gasteiger partial charge in [0.1, 0.15) is 12.1 Å². The summed E-state index contributed by atoms with van der Waals surface area (Å²) >= 11 is 1.81. The quantitative estimate of drug-likeness (QED) is 0.871. The highest BCUT2D eigenvalue weighted by Gasteiger charge is 2.25. The van der Waals surface area contributed by atoms with E-state index in [1.54, 1.807) is 6.33 Å². The number of hydrogen-bond acceptors (Lipinski definition) is 6. The van der Waals surface area contributed by atoms with Gasteiger partial charge in [-0.15, -0.1) is 11.3 Å². The lowest BCUT2D eigenvalue weighted by molar-refractivity contribution is 0.479. The molecule has 2 aromatic rings.